The quantitative estimate of drug-likeness (QED) is 0.650. The van der Waals surface area contributed by atoms with Crippen LogP contribution >= 0.6 is 0 Å². The predicted octanol–water partition coefficient (Wildman–Crippen LogP) is 3.28. The van der Waals surface area contributed by atoms with Crippen molar-refractivity contribution >= 4 is 5.84 Å². The van der Waals surface area contributed by atoms with Crippen LogP contribution in [0, 0.1) is 5.41 Å². The highest BCUT2D eigenvalue weighted by atomic mass is 16.5. The van der Waals surface area contributed by atoms with Gasteiger partial charge in [-0.2, -0.15) is 0 Å². The number of rotatable bonds is 4. The first-order valence-corrected chi connectivity index (χ1v) is 6.15. The van der Waals surface area contributed by atoms with Crippen molar-refractivity contribution in [2.75, 3.05) is 0 Å². The first-order valence-electron chi connectivity index (χ1n) is 6.15. The Morgan fingerprint density at radius 2 is 1.84 bits per heavy atom. The molecule has 0 saturated carbocycles. The van der Waals surface area contributed by atoms with Crippen LogP contribution in [0.15, 0.2) is 42.5 Å². The molecular formula is C15H17N3O. The van der Waals surface area contributed by atoms with Crippen LogP contribution in [-0.2, 0) is 0 Å². The van der Waals surface area contributed by atoms with E-state index in [2.05, 4.69) is 18.8 Å². The summed E-state index contributed by atoms with van der Waals surface area (Å²) in [6.07, 6.45) is 0. The minimum Gasteiger partial charge on any atom is -0.439 e. The van der Waals surface area contributed by atoms with Crippen molar-refractivity contribution in [3.8, 4) is 11.6 Å². The third kappa shape index (κ3) is 3.31. The summed E-state index contributed by atoms with van der Waals surface area (Å²) in [6.45, 7) is 4.29. The molecular weight excluding hydrogens is 238 g/mol. The number of pyridine rings is 1. The lowest BCUT2D eigenvalue weighted by Crippen LogP contribution is -2.13. The van der Waals surface area contributed by atoms with Gasteiger partial charge >= 0.3 is 0 Å². The molecule has 0 aliphatic heterocycles. The van der Waals surface area contributed by atoms with Crippen LogP contribution in [0.5, 0.6) is 11.6 Å². The molecule has 4 heteroatoms. The van der Waals surface area contributed by atoms with Gasteiger partial charge in [0.2, 0.25) is 5.88 Å². The summed E-state index contributed by atoms with van der Waals surface area (Å²) in [4.78, 5) is 4.15. The maximum absolute atomic E-state index is 7.35. The number of ether oxygens (including phenoxy) is 1. The number of amidine groups is 1. The Kier molecular flexibility index (Phi) is 3.80. The van der Waals surface area contributed by atoms with Crippen molar-refractivity contribution in [3.05, 3.63) is 53.7 Å². The van der Waals surface area contributed by atoms with Gasteiger partial charge in [-0.1, -0.05) is 32.0 Å². The summed E-state index contributed by atoms with van der Waals surface area (Å²) in [7, 11) is 0. The van der Waals surface area contributed by atoms with E-state index in [1.165, 1.54) is 5.56 Å². The minimum absolute atomic E-state index is 0.0689. The summed E-state index contributed by atoms with van der Waals surface area (Å²) in [5.41, 5.74) is 7.07. The minimum atomic E-state index is -0.0689. The van der Waals surface area contributed by atoms with E-state index < -0.39 is 0 Å². The lowest BCUT2D eigenvalue weighted by atomic mass is 10.0. The predicted molar refractivity (Wildman–Crippen MR) is 75.9 cm³/mol. The van der Waals surface area contributed by atoms with Crippen LogP contribution < -0.4 is 10.5 Å². The maximum atomic E-state index is 7.35. The Morgan fingerprint density at radius 3 is 2.42 bits per heavy atom. The summed E-state index contributed by atoms with van der Waals surface area (Å²) in [5, 5.41) is 7.35. The van der Waals surface area contributed by atoms with E-state index in [1.54, 1.807) is 18.2 Å². The molecule has 0 spiro atoms. The average Bonchev–Trinajstić information content (AvgIpc) is 2.39. The van der Waals surface area contributed by atoms with E-state index in [9.17, 15) is 0 Å². The first-order chi connectivity index (χ1) is 9.06. The highest BCUT2D eigenvalue weighted by Crippen LogP contribution is 2.22. The van der Waals surface area contributed by atoms with E-state index in [0.29, 0.717) is 17.5 Å². The molecule has 2 aromatic rings. The fourth-order valence-electron chi connectivity index (χ4n) is 1.66. The topological polar surface area (TPSA) is 72.0 Å². The zero-order chi connectivity index (χ0) is 13.8. The largest absolute Gasteiger partial charge is 0.439 e. The third-order valence-corrected chi connectivity index (χ3v) is 2.77. The van der Waals surface area contributed by atoms with Crippen LogP contribution in [0.25, 0.3) is 0 Å². The van der Waals surface area contributed by atoms with Crippen molar-refractivity contribution < 1.29 is 4.74 Å². The molecule has 0 saturated heterocycles. The molecule has 19 heavy (non-hydrogen) atoms. The lowest BCUT2D eigenvalue weighted by molar-refractivity contribution is 0.462. The number of benzene rings is 1. The highest BCUT2D eigenvalue weighted by molar-refractivity contribution is 5.93. The van der Waals surface area contributed by atoms with Gasteiger partial charge in [-0.25, -0.2) is 4.98 Å². The number of nitrogens with zero attached hydrogens (tertiary/aromatic N) is 1. The molecule has 1 aromatic heterocycles. The van der Waals surface area contributed by atoms with E-state index in [0.717, 1.165) is 5.75 Å². The monoisotopic (exact) mass is 255 g/mol. The zero-order valence-electron chi connectivity index (χ0n) is 11.1. The van der Waals surface area contributed by atoms with Gasteiger partial charge in [0.15, 0.2) is 0 Å². The van der Waals surface area contributed by atoms with E-state index in [1.807, 2.05) is 24.3 Å². The van der Waals surface area contributed by atoms with Crippen LogP contribution in [0.2, 0.25) is 0 Å². The number of aromatic nitrogens is 1. The summed E-state index contributed by atoms with van der Waals surface area (Å²) >= 11 is 0. The van der Waals surface area contributed by atoms with Crippen LogP contribution in [0.4, 0.5) is 0 Å². The van der Waals surface area contributed by atoms with Gasteiger partial charge in [-0.05, 0) is 29.7 Å². The van der Waals surface area contributed by atoms with Crippen LogP contribution in [0.1, 0.15) is 31.0 Å². The maximum Gasteiger partial charge on any atom is 0.219 e. The molecule has 0 aliphatic rings. The van der Waals surface area contributed by atoms with Crippen LogP contribution in [0.3, 0.4) is 0 Å². The van der Waals surface area contributed by atoms with Crippen molar-refractivity contribution in [1.29, 1.82) is 5.41 Å². The van der Waals surface area contributed by atoms with Gasteiger partial charge in [0.05, 0.1) is 0 Å². The van der Waals surface area contributed by atoms with Gasteiger partial charge in [-0.3, -0.25) is 5.41 Å². The van der Waals surface area contributed by atoms with Gasteiger partial charge in [0.25, 0.3) is 0 Å². The molecule has 0 bridgehead atoms. The second kappa shape index (κ2) is 5.52. The second-order valence-corrected chi connectivity index (χ2v) is 4.60. The second-order valence-electron chi connectivity index (χ2n) is 4.60. The SMILES string of the molecule is CC(C)c1ccc(Oc2cccc(C(=N)N)n2)cc1. The number of hydrogen-bond acceptors (Lipinski definition) is 3. The third-order valence-electron chi connectivity index (χ3n) is 2.77. The zero-order valence-corrected chi connectivity index (χ0v) is 11.1. The van der Waals surface area contributed by atoms with Gasteiger partial charge < -0.3 is 10.5 Å². The smallest absolute Gasteiger partial charge is 0.219 e. The Hall–Kier alpha value is -2.36. The summed E-state index contributed by atoms with van der Waals surface area (Å²) in [6, 6.07) is 13.1. The average molecular weight is 255 g/mol. The fourth-order valence-corrected chi connectivity index (χ4v) is 1.66. The van der Waals surface area contributed by atoms with E-state index >= 15 is 0 Å². The molecule has 3 N–H and O–H groups in total. The molecule has 1 aromatic carbocycles. The molecule has 4 nitrogen and oxygen atoms in total. The molecule has 2 rings (SSSR count). The molecule has 0 aliphatic carbocycles. The molecule has 0 amide bonds. The number of nitrogens with one attached hydrogen (secondary N) is 1. The van der Waals surface area contributed by atoms with Crippen molar-refractivity contribution in [2.24, 2.45) is 5.73 Å². The Balaban J connectivity index is 2.16. The first kappa shape index (κ1) is 13.1. The van der Waals surface area contributed by atoms with Gasteiger partial charge in [0, 0.05) is 6.07 Å². The summed E-state index contributed by atoms with van der Waals surface area (Å²) in [5.74, 6) is 1.58. The van der Waals surface area contributed by atoms with Crippen molar-refractivity contribution in [2.45, 2.75) is 19.8 Å². The molecule has 1 heterocycles. The van der Waals surface area contributed by atoms with Crippen LogP contribution in [-0.4, -0.2) is 10.8 Å². The van der Waals surface area contributed by atoms with Gasteiger partial charge in [0.1, 0.15) is 17.3 Å². The molecule has 0 radical (unpaired) electrons. The molecule has 0 fully saturated rings. The normalized spacial score (nSPS) is 10.5. The van der Waals surface area contributed by atoms with E-state index in [-0.39, 0.29) is 5.84 Å². The highest BCUT2D eigenvalue weighted by Gasteiger charge is 2.04. The number of hydrogen-bond donors (Lipinski definition) is 2. The van der Waals surface area contributed by atoms with Crippen molar-refractivity contribution in [1.82, 2.24) is 4.98 Å². The number of nitrogens with two attached hydrogens (primary N) is 1. The molecule has 0 atom stereocenters. The molecule has 0 unspecified atom stereocenters. The van der Waals surface area contributed by atoms with Gasteiger partial charge in [-0.15, -0.1) is 0 Å². The van der Waals surface area contributed by atoms with Crippen molar-refractivity contribution in [3.63, 3.8) is 0 Å². The Bertz CT molecular complexity index is 576. The Labute approximate surface area is 112 Å². The lowest BCUT2D eigenvalue weighted by Gasteiger charge is -2.08. The fraction of sp³-hybridized carbons (Fsp3) is 0.200. The Morgan fingerprint density at radius 1 is 1.16 bits per heavy atom. The summed E-state index contributed by atoms with van der Waals surface area (Å²) < 4.78 is 5.64. The molecule has 98 valence electrons. The standard InChI is InChI=1S/C15H17N3O/c1-10(2)11-6-8-12(9-7-11)19-14-5-3-4-13(18-14)15(16)17/h3-10H,1-2H3,(H3,16,17). The van der Waals surface area contributed by atoms with E-state index in [4.69, 9.17) is 15.9 Å². The number of nitrogen functional groups attached to an aromatic ring is 1.